The molecule has 6 heteroatoms. The molecule has 150 valence electrons. The van der Waals surface area contributed by atoms with E-state index in [1.807, 2.05) is 18.2 Å². The number of fused-ring (bicyclic) bond motifs is 1. The van der Waals surface area contributed by atoms with Crippen molar-refractivity contribution in [1.29, 1.82) is 0 Å². The first-order chi connectivity index (χ1) is 13.6. The Kier molecular flexibility index (Phi) is 6.02. The molecule has 28 heavy (non-hydrogen) atoms. The molecular weight excluding hydrogens is 372 g/mol. The lowest BCUT2D eigenvalue weighted by Crippen LogP contribution is -2.27. The molecule has 1 saturated carbocycles. The number of pyridine rings is 1. The lowest BCUT2D eigenvalue weighted by molar-refractivity contribution is 0.0952. The van der Waals surface area contributed by atoms with Gasteiger partial charge < -0.3 is 16.0 Å². The molecule has 2 fully saturated rings. The van der Waals surface area contributed by atoms with Gasteiger partial charge in [-0.15, -0.1) is 0 Å². The first kappa shape index (κ1) is 19.5. The minimum Gasteiger partial charge on any atom is -0.355 e. The SMILES string of the molecule is N[C@H]1CCN(c2ccc3c(C(=O)NCCC4CCCCC4)c(Cl)ccc3n2)C1. The van der Waals surface area contributed by atoms with Crippen LogP contribution >= 0.6 is 11.6 Å². The molecule has 3 N–H and O–H groups in total. The molecule has 0 bridgehead atoms. The molecule has 1 aromatic carbocycles. The van der Waals surface area contributed by atoms with Gasteiger partial charge in [0.2, 0.25) is 0 Å². The Hall–Kier alpha value is -1.85. The maximum atomic E-state index is 12.9. The van der Waals surface area contributed by atoms with Gasteiger partial charge in [0.05, 0.1) is 16.1 Å². The van der Waals surface area contributed by atoms with Crippen LogP contribution in [-0.2, 0) is 0 Å². The van der Waals surface area contributed by atoms with Gasteiger partial charge >= 0.3 is 0 Å². The lowest BCUT2D eigenvalue weighted by atomic mass is 9.87. The summed E-state index contributed by atoms with van der Waals surface area (Å²) in [5, 5.41) is 4.35. The Bertz CT molecular complexity index is 850. The second-order valence-corrected chi connectivity index (χ2v) is 8.61. The summed E-state index contributed by atoms with van der Waals surface area (Å²) < 4.78 is 0. The van der Waals surface area contributed by atoms with Gasteiger partial charge in [-0.1, -0.05) is 43.7 Å². The molecule has 5 nitrogen and oxygen atoms in total. The highest BCUT2D eigenvalue weighted by atomic mass is 35.5. The first-order valence-corrected chi connectivity index (χ1v) is 10.9. The van der Waals surface area contributed by atoms with Crippen molar-refractivity contribution < 1.29 is 4.79 Å². The zero-order valence-corrected chi connectivity index (χ0v) is 17.0. The third-order valence-corrected chi connectivity index (χ3v) is 6.46. The minimum absolute atomic E-state index is 0.107. The highest BCUT2D eigenvalue weighted by Gasteiger charge is 2.22. The second kappa shape index (κ2) is 8.66. The number of aromatic nitrogens is 1. The fraction of sp³-hybridized carbons (Fsp3) is 0.545. The molecule has 2 aromatic rings. The molecule has 4 rings (SSSR count). The Morgan fingerprint density at radius 1 is 1.18 bits per heavy atom. The number of nitrogens with one attached hydrogen (secondary N) is 1. The summed E-state index contributed by atoms with van der Waals surface area (Å²) >= 11 is 6.40. The quantitative estimate of drug-likeness (QED) is 0.791. The molecule has 2 heterocycles. The van der Waals surface area contributed by atoms with Crippen LogP contribution in [0.5, 0.6) is 0 Å². The molecule has 1 amide bonds. The lowest BCUT2D eigenvalue weighted by Gasteiger charge is -2.21. The number of nitrogens with two attached hydrogens (primary N) is 1. The minimum atomic E-state index is -0.107. The first-order valence-electron chi connectivity index (χ1n) is 10.5. The van der Waals surface area contributed by atoms with Crippen molar-refractivity contribution in [3.63, 3.8) is 0 Å². The van der Waals surface area contributed by atoms with Crippen LogP contribution in [0.2, 0.25) is 5.02 Å². The van der Waals surface area contributed by atoms with E-state index < -0.39 is 0 Å². The fourth-order valence-electron chi connectivity index (χ4n) is 4.52. The number of carbonyl (C=O) groups excluding carboxylic acids is 1. The van der Waals surface area contributed by atoms with Crippen molar-refractivity contribution in [2.24, 2.45) is 11.7 Å². The average molecular weight is 401 g/mol. The molecule has 1 atom stereocenters. The number of amides is 1. The van der Waals surface area contributed by atoms with Gasteiger partial charge in [-0.3, -0.25) is 4.79 Å². The summed E-state index contributed by atoms with van der Waals surface area (Å²) in [7, 11) is 0. The van der Waals surface area contributed by atoms with Crippen molar-refractivity contribution in [1.82, 2.24) is 10.3 Å². The van der Waals surface area contributed by atoms with Crippen molar-refractivity contribution in [3.8, 4) is 0 Å². The maximum absolute atomic E-state index is 12.9. The summed E-state index contributed by atoms with van der Waals surface area (Å²) in [5.74, 6) is 1.55. The van der Waals surface area contributed by atoms with E-state index in [0.29, 0.717) is 17.1 Å². The molecule has 1 aliphatic carbocycles. The number of rotatable bonds is 5. The molecule has 1 aliphatic heterocycles. The number of benzene rings is 1. The van der Waals surface area contributed by atoms with E-state index in [9.17, 15) is 4.79 Å². The standard InChI is InChI=1S/C22H29ClN4O/c23-18-7-8-19-17(6-9-20(26-19)27-13-11-16(24)14-27)21(18)22(28)25-12-10-15-4-2-1-3-5-15/h6-9,15-16H,1-5,10-14,24H2,(H,25,28)/t16-/m0/s1. The Labute approximate surface area is 171 Å². The fourth-order valence-corrected chi connectivity index (χ4v) is 4.77. The van der Waals surface area contributed by atoms with E-state index in [-0.39, 0.29) is 11.9 Å². The predicted molar refractivity (Wildman–Crippen MR) is 115 cm³/mol. The highest BCUT2D eigenvalue weighted by Crippen LogP contribution is 2.29. The Morgan fingerprint density at radius 2 is 2.00 bits per heavy atom. The summed E-state index contributed by atoms with van der Waals surface area (Å²) in [6.07, 6.45) is 8.61. The van der Waals surface area contributed by atoms with Crippen molar-refractivity contribution in [3.05, 3.63) is 34.9 Å². The number of anilines is 1. The van der Waals surface area contributed by atoms with E-state index in [1.165, 1.54) is 32.1 Å². The van der Waals surface area contributed by atoms with Gasteiger partial charge in [0.15, 0.2) is 0 Å². The van der Waals surface area contributed by atoms with Crippen LogP contribution in [0.15, 0.2) is 24.3 Å². The third-order valence-electron chi connectivity index (χ3n) is 6.14. The molecule has 1 saturated heterocycles. The average Bonchev–Trinajstić information content (AvgIpc) is 3.14. The number of halogens is 1. The second-order valence-electron chi connectivity index (χ2n) is 8.20. The molecule has 1 aromatic heterocycles. The zero-order valence-electron chi connectivity index (χ0n) is 16.3. The van der Waals surface area contributed by atoms with Gasteiger partial charge in [-0.2, -0.15) is 0 Å². The molecule has 0 radical (unpaired) electrons. The molecule has 0 spiro atoms. The van der Waals surface area contributed by atoms with Crippen LogP contribution in [0, 0.1) is 5.92 Å². The molecule has 2 aliphatic rings. The molecule has 0 unspecified atom stereocenters. The third kappa shape index (κ3) is 4.26. The number of carbonyl (C=O) groups is 1. The van der Waals surface area contributed by atoms with Crippen LogP contribution in [0.3, 0.4) is 0 Å². The van der Waals surface area contributed by atoms with Crippen molar-refractivity contribution in [2.75, 3.05) is 24.5 Å². The smallest absolute Gasteiger partial charge is 0.253 e. The van der Waals surface area contributed by atoms with Gasteiger partial charge in [-0.25, -0.2) is 4.98 Å². The summed E-state index contributed by atoms with van der Waals surface area (Å²) in [6, 6.07) is 7.79. The van der Waals surface area contributed by atoms with Crippen LogP contribution in [-0.4, -0.2) is 36.6 Å². The van der Waals surface area contributed by atoms with E-state index >= 15 is 0 Å². The van der Waals surface area contributed by atoms with Crippen molar-refractivity contribution in [2.45, 2.75) is 51.0 Å². The highest BCUT2D eigenvalue weighted by molar-refractivity contribution is 6.35. The van der Waals surface area contributed by atoms with Gasteiger partial charge in [-0.05, 0) is 43.0 Å². The number of hydrogen-bond acceptors (Lipinski definition) is 4. The predicted octanol–water partition coefficient (Wildman–Crippen LogP) is 4.13. The largest absolute Gasteiger partial charge is 0.355 e. The van der Waals surface area contributed by atoms with E-state index in [2.05, 4.69) is 10.2 Å². The van der Waals surface area contributed by atoms with E-state index in [4.69, 9.17) is 22.3 Å². The normalized spacial score (nSPS) is 20.6. The number of nitrogens with zero attached hydrogens (tertiary/aromatic N) is 2. The van der Waals surface area contributed by atoms with Gasteiger partial charge in [0, 0.05) is 31.1 Å². The van der Waals surface area contributed by atoms with E-state index in [0.717, 1.165) is 48.6 Å². The van der Waals surface area contributed by atoms with Crippen molar-refractivity contribution >= 4 is 34.2 Å². The van der Waals surface area contributed by atoms with Crippen LogP contribution in [0.4, 0.5) is 5.82 Å². The van der Waals surface area contributed by atoms with Crippen LogP contribution in [0.25, 0.3) is 10.9 Å². The number of hydrogen-bond donors (Lipinski definition) is 2. The zero-order chi connectivity index (χ0) is 19.5. The van der Waals surface area contributed by atoms with Gasteiger partial charge in [0.25, 0.3) is 5.91 Å². The summed E-state index contributed by atoms with van der Waals surface area (Å²) in [4.78, 5) is 19.8. The summed E-state index contributed by atoms with van der Waals surface area (Å²) in [6.45, 7) is 2.44. The topological polar surface area (TPSA) is 71.2 Å². The monoisotopic (exact) mass is 400 g/mol. The Morgan fingerprint density at radius 3 is 2.75 bits per heavy atom. The Balaban J connectivity index is 1.49. The maximum Gasteiger partial charge on any atom is 0.253 e. The summed E-state index contributed by atoms with van der Waals surface area (Å²) in [5.41, 5.74) is 7.34. The van der Waals surface area contributed by atoms with Gasteiger partial charge in [0.1, 0.15) is 5.82 Å². The molecular formula is C22H29ClN4O. The van der Waals surface area contributed by atoms with E-state index in [1.54, 1.807) is 6.07 Å². The van der Waals surface area contributed by atoms with Crippen LogP contribution < -0.4 is 16.0 Å². The van der Waals surface area contributed by atoms with Crippen LogP contribution in [0.1, 0.15) is 55.3 Å².